The average molecular weight is 295 g/mol. The summed E-state index contributed by atoms with van der Waals surface area (Å²) in [5, 5.41) is 2.90. The van der Waals surface area contributed by atoms with Gasteiger partial charge in [0.2, 0.25) is 5.91 Å². The van der Waals surface area contributed by atoms with Crippen LogP contribution in [0.5, 0.6) is 0 Å². The van der Waals surface area contributed by atoms with Gasteiger partial charge in [0.25, 0.3) is 0 Å². The minimum absolute atomic E-state index is 0.0199. The lowest BCUT2D eigenvalue weighted by molar-refractivity contribution is -0.121. The van der Waals surface area contributed by atoms with Crippen LogP contribution in [0.2, 0.25) is 0 Å². The molecule has 5 nitrogen and oxygen atoms in total. The van der Waals surface area contributed by atoms with Crippen molar-refractivity contribution in [2.75, 3.05) is 0 Å². The fourth-order valence-corrected chi connectivity index (χ4v) is 2.38. The van der Waals surface area contributed by atoms with Gasteiger partial charge in [0.1, 0.15) is 0 Å². The highest BCUT2D eigenvalue weighted by Crippen LogP contribution is 2.10. The lowest BCUT2D eigenvalue weighted by Crippen LogP contribution is -2.22. The second-order valence-electron chi connectivity index (χ2n) is 5.22. The van der Waals surface area contributed by atoms with Crippen LogP contribution >= 0.6 is 0 Å². The molecule has 0 radical (unpaired) electrons. The van der Waals surface area contributed by atoms with Crippen LogP contribution in [0.4, 0.5) is 0 Å². The normalized spacial score (nSPS) is 10.7. The minimum atomic E-state index is -0.223. The van der Waals surface area contributed by atoms with E-state index in [4.69, 9.17) is 0 Å². The summed E-state index contributed by atoms with van der Waals surface area (Å²) in [5.41, 5.74) is 3.41. The maximum Gasteiger partial charge on any atom is 0.323 e. The number of benzene rings is 2. The molecule has 2 aromatic carbocycles. The molecule has 0 unspecified atom stereocenters. The Morgan fingerprint density at radius 2 is 1.73 bits per heavy atom. The summed E-state index contributed by atoms with van der Waals surface area (Å²) in [4.78, 5) is 28.5. The van der Waals surface area contributed by atoms with E-state index in [1.807, 2.05) is 48.5 Å². The van der Waals surface area contributed by atoms with Gasteiger partial charge in [0.15, 0.2) is 0 Å². The predicted octanol–water partition coefficient (Wildman–Crippen LogP) is 2.11. The number of carbonyl (C=O) groups excluding carboxylic acids is 1. The number of imidazole rings is 1. The van der Waals surface area contributed by atoms with Gasteiger partial charge >= 0.3 is 5.69 Å². The Balaban J connectivity index is 1.54. The molecule has 0 spiro atoms. The smallest absolute Gasteiger partial charge is 0.323 e. The van der Waals surface area contributed by atoms with Crippen LogP contribution < -0.4 is 11.0 Å². The Bertz CT molecular complexity index is 834. The molecular weight excluding hydrogens is 278 g/mol. The van der Waals surface area contributed by atoms with E-state index in [9.17, 15) is 9.59 Å². The van der Waals surface area contributed by atoms with E-state index in [0.29, 0.717) is 13.0 Å². The SMILES string of the molecule is O=C(CCc1ccccc1)NCc1ccc2[nH]c(=O)[nH]c2c1. The molecule has 0 aliphatic heterocycles. The standard InChI is InChI=1S/C17H17N3O2/c21-16(9-7-12-4-2-1-3-5-12)18-11-13-6-8-14-15(10-13)20-17(22)19-14/h1-6,8,10H,7,9,11H2,(H,18,21)(H2,19,20,22). The molecule has 0 atom stereocenters. The van der Waals surface area contributed by atoms with Crippen LogP contribution in [-0.2, 0) is 17.8 Å². The highest BCUT2D eigenvalue weighted by molar-refractivity contribution is 5.77. The topological polar surface area (TPSA) is 77.8 Å². The van der Waals surface area contributed by atoms with Crippen LogP contribution in [0.3, 0.4) is 0 Å². The van der Waals surface area contributed by atoms with Crippen molar-refractivity contribution in [3.05, 3.63) is 70.1 Å². The Hall–Kier alpha value is -2.82. The van der Waals surface area contributed by atoms with Gasteiger partial charge in [0, 0.05) is 13.0 Å². The van der Waals surface area contributed by atoms with Crippen molar-refractivity contribution >= 4 is 16.9 Å². The zero-order valence-electron chi connectivity index (χ0n) is 12.1. The van der Waals surface area contributed by atoms with Crippen molar-refractivity contribution in [2.24, 2.45) is 0 Å². The number of amides is 1. The summed E-state index contributed by atoms with van der Waals surface area (Å²) in [7, 11) is 0. The highest BCUT2D eigenvalue weighted by Gasteiger charge is 2.04. The summed E-state index contributed by atoms with van der Waals surface area (Å²) >= 11 is 0. The maximum absolute atomic E-state index is 11.9. The Labute approximate surface area is 127 Å². The molecule has 0 saturated carbocycles. The maximum atomic E-state index is 11.9. The molecule has 3 rings (SSSR count). The molecule has 3 N–H and O–H groups in total. The van der Waals surface area contributed by atoms with Gasteiger partial charge in [-0.15, -0.1) is 0 Å². The number of hydrogen-bond acceptors (Lipinski definition) is 2. The summed E-state index contributed by atoms with van der Waals surface area (Å²) < 4.78 is 0. The zero-order chi connectivity index (χ0) is 15.4. The van der Waals surface area contributed by atoms with Crippen LogP contribution in [0.25, 0.3) is 11.0 Å². The monoisotopic (exact) mass is 295 g/mol. The summed E-state index contributed by atoms with van der Waals surface area (Å²) in [5.74, 6) is 0.0199. The van der Waals surface area contributed by atoms with Crippen molar-refractivity contribution in [1.82, 2.24) is 15.3 Å². The van der Waals surface area contributed by atoms with Gasteiger partial charge in [-0.3, -0.25) is 4.79 Å². The number of aromatic amines is 2. The second-order valence-corrected chi connectivity index (χ2v) is 5.22. The quantitative estimate of drug-likeness (QED) is 0.674. The van der Waals surface area contributed by atoms with Crippen molar-refractivity contribution < 1.29 is 4.79 Å². The first kappa shape index (κ1) is 14.1. The molecule has 0 fully saturated rings. The number of carbonyl (C=O) groups is 1. The number of hydrogen-bond donors (Lipinski definition) is 3. The third-order valence-electron chi connectivity index (χ3n) is 3.55. The lowest BCUT2D eigenvalue weighted by atomic mass is 10.1. The Kier molecular flexibility index (Phi) is 4.05. The van der Waals surface area contributed by atoms with E-state index in [0.717, 1.165) is 28.6 Å². The Morgan fingerprint density at radius 3 is 2.55 bits per heavy atom. The van der Waals surface area contributed by atoms with Crippen LogP contribution in [0.15, 0.2) is 53.3 Å². The zero-order valence-corrected chi connectivity index (χ0v) is 12.1. The van der Waals surface area contributed by atoms with E-state index in [2.05, 4.69) is 15.3 Å². The molecule has 3 aromatic rings. The van der Waals surface area contributed by atoms with Crippen LogP contribution in [-0.4, -0.2) is 15.9 Å². The van der Waals surface area contributed by atoms with Crippen LogP contribution in [0.1, 0.15) is 17.5 Å². The first-order chi connectivity index (χ1) is 10.7. The van der Waals surface area contributed by atoms with Crippen molar-refractivity contribution in [2.45, 2.75) is 19.4 Å². The lowest BCUT2D eigenvalue weighted by Gasteiger charge is -2.06. The first-order valence-corrected chi connectivity index (χ1v) is 7.22. The highest BCUT2D eigenvalue weighted by atomic mass is 16.1. The van der Waals surface area contributed by atoms with Gasteiger partial charge in [-0.25, -0.2) is 4.79 Å². The largest absolute Gasteiger partial charge is 0.352 e. The third kappa shape index (κ3) is 3.44. The molecule has 22 heavy (non-hydrogen) atoms. The molecule has 1 aromatic heterocycles. The molecule has 1 amide bonds. The molecule has 5 heteroatoms. The van der Waals surface area contributed by atoms with Gasteiger partial charge in [0.05, 0.1) is 11.0 Å². The predicted molar refractivity (Wildman–Crippen MR) is 85.5 cm³/mol. The van der Waals surface area contributed by atoms with Gasteiger partial charge in [-0.2, -0.15) is 0 Å². The van der Waals surface area contributed by atoms with Gasteiger partial charge < -0.3 is 15.3 Å². The van der Waals surface area contributed by atoms with E-state index < -0.39 is 0 Å². The molecule has 112 valence electrons. The third-order valence-corrected chi connectivity index (χ3v) is 3.55. The first-order valence-electron chi connectivity index (χ1n) is 7.22. The fourth-order valence-electron chi connectivity index (χ4n) is 2.38. The summed E-state index contributed by atoms with van der Waals surface area (Å²) in [6.07, 6.45) is 1.20. The summed E-state index contributed by atoms with van der Waals surface area (Å²) in [6, 6.07) is 15.5. The van der Waals surface area contributed by atoms with E-state index in [-0.39, 0.29) is 11.6 Å². The number of H-pyrrole nitrogens is 2. The number of rotatable bonds is 5. The van der Waals surface area contributed by atoms with Gasteiger partial charge in [-0.05, 0) is 29.7 Å². The van der Waals surface area contributed by atoms with Crippen LogP contribution in [0, 0.1) is 0 Å². The van der Waals surface area contributed by atoms with Crippen molar-refractivity contribution in [3.63, 3.8) is 0 Å². The van der Waals surface area contributed by atoms with Crippen molar-refractivity contribution in [1.29, 1.82) is 0 Å². The summed E-state index contributed by atoms with van der Waals surface area (Å²) in [6.45, 7) is 0.455. The molecule has 0 aliphatic rings. The second kappa shape index (κ2) is 6.30. The molecule has 1 heterocycles. The molecular formula is C17H17N3O2. The molecule has 0 aliphatic carbocycles. The number of nitrogens with one attached hydrogen (secondary N) is 3. The Morgan fingerprint density at radius 1 is 0.955 bits per heavy atom. The molecule has 0 bridgehead atoms. The molecule has 0 saturated heterocycles. The minimum Gasteiger partial charge on any atom is -0.352 e. The van der Waals surface area contributed by atoms with E-state index in [1.54, 1.807) is 0 Å². The number of fused-ring (bicyclic) bond motifs is 1. The number of aromatic nitrogens is 2. The van der Waals surface area contributed by atoms with Crippen molar-refractivity contribution in [3.8, 4) is 0 Å². The van der Waals surface area contributed by atoms with E-state index >= 15 is 0 Å². The fraction of sp³-hybridized carbons (Fsp3) is 0.176. The van der Waals surface area contributed by atoms with E-state index in [1.165, 1.54) is 0 Å². The number of aryl methyl sites for hydroxylation is 1. The average Bonchev–Trinajstić information content (AvgIpc) is 2.91. The van der Waals surface area contributed by atoms with Gasteiger partial charge in [-0.1, -0.05) is 36.4 Å².